The summed E-state index contributed by atoms with van der Waals surface area (Å²) in [5.41, 5.74) is 1.52. The summed E-state index contributed by atoms with van der Waals surface area (Å²) in [5.74, 6) is -1.47. The molecule has 0 atom stereocenters. The van der Waals surface area contributed by atoms with Gasteiger partial charge in [0.1, 0.15) is 5.76 Å². The quantitative estimate of drug-likeness (QED) is 0.712. The summed E-state index contributed by atoms with van der Waals surface area (Å²) in [6, 6.07) is 6.21. The molecule has 1 aliphatic heterocycles. The van der Waals surface area contributed by atoms with E-state index in [1.54, 1.807) is 18.2 Å². The lowest BCUT2D eigenvalue weighted by Gasteiger charge is -2.21. The first-order valence-electron chi connectivity index (χ1n) is 5.98. The first-order valence-corrected chi connectivity index (χ1v) is 5.98. The number of nitrogens with one attached hydrogen (secondary N) is 1. The van der Waals surface area contributed by atoms with Crippen LogP contribution >= 0.6 is 0 Å². The molecule has 2 aliphatic rings. The third-order valence-electron chi connectivity index (χ3n) is 3.69. The molecule has 2 aromatic carbocycles. The van der Waals surface area contributed by atoms with Crippen molar-refractivity contribution in [3.8, 4) is 0 Å². The molecule has 1 heterocycles. The summed E-state index contributed by atoms with van der Waals surface area (Å²) in [4.78, 5) is 35.7. The first-order chi connectivity index (χ1) is 9.58. The number of carbonyl (C=O) groups excluding carboxylic acids is 3. The van der Waals surface area contributed by atoms with Crippen molar-refractivity contribution in [3.63, 3.8) is 0 Å². The normalized spacial score (nSPS) is 16.2. The van der Waals surface area contributed by atoms with Gasteiger partial charge in [-0.1, -0.05) is 0 Å². The van der Waals surface area contributed by atoms with Crippen LogP contribution in [0.15, 0.2) is 30.3 Å². The highest BCUT2D eigenvalue weighted by Crippen LogP contribution is 2.37. The van der Waals surface area contributed by atoms with E-state index in [1.165, 1.54) is 6.07 Å². The van der Waals surface area contributed by atoms with E-state index in [2.05, 4.69) is 5.32 Å². The van der Waals surface area contributed by atoms with Crippen LogP contribution in [0.4, 0.5) is 0 Å². The lowest BCUT2D eigenvalue weighted by Crippen LogP contribution is -2.35. The molecular formula is C15H7NO4. The Labute approximate surface area is 112 Å². The highest BCUT2D eigenvalue weighted by molar-refractivity contribution is 6.31. The van der Waals surface area contributed by atoms with Gasteiger partial charge in [-0.3, -0.25) is 19.7 Å². The van der Waals surface area contributed by atoms with E-state index in [1.807, 2.05) is 0 Å². The number of amides is 2. The Morgan fingerprint density at radius 1 is 0.750 bits per heavy atom. The molecule has 20 heavy (non-hydrogen) atoms. The van der Waals surface area contributed by atoms with Gasteiger partial charge in [0.15, 0.2) is 5.78 Å². The Kier molecular flexibility index (Phi) is 1.82. The van der Waals surface area contributed by atoms with E-state index in [0.29, 0.717) is 33.0 Å². The Hall–Kier alpha value is -2.95. The molecule has 5 nitrogen and oxygen atoms in total. The predicted molar refractivity (Wildman–Crippen MR) is 70.7 cm³/mol. The van der Waals surface area contributed by atoms with E-state index >= 15 is 0 Å². The van der Waals surface area contributed by atoms with E-state index in [4.69, 9.17) is 0 Å². The number of ketones is 1. The molecule has 1 aliphatic carbocycles. The van der Waals surface area contributed by atoms with Gasteiger partial charge in [0.2, 0.25) is 0 Å². The topological polar surface area (TPSA) is 83.5 Å². The number of benzene rings is 2. The number of hydrogen-bond acceptors (Lipinski definition) is 4. The molecule has 0 spiro atoms. The summed E-state index contributed by atoms with van der Waals surface area (Å²) in [5, 5.41) is 13.1. The summed E-state index contributed by atoms with van der Waals surface area (Å²) >= 11 is 0. The van der Waals surface area contributed by atoms with Crippen molar-refractivity contribution in [2.45, 2.75) is 0 Å². The van der Waals surface area contributed by atoms with Crippen LogP contribution < -0.4 is 5.32 Å². The maximum absolute atomic E-state index is 12.0. The van der Waals surface area contributed by atoms with E-state index in [0.717, 1.165) is 6.08 Å². The van der Waals surface area contributed by atoms with Crippen molar-refractivity contribution in [1.82, 2.24) is 5.32 Å². The third kappa shape index (κ3) is 1.14. The van der Waals surface area contributed by atoms with Crippen molar-refractivity contribution in [1.29, 1.82) is 0 Å². The Morgan fingerprint density at radius 2 is 1.25 bits per heavy atom. The zero-order valence-corrected chi connectivity index (χ0v) is 10.1. The fraction of sp³-hybridized carbons (Fsp3) is 0. The second kappa shape index (κ2) is 3.33. The fourth-order valence-corrected chi connectivity index (χ4v) is 2.81. The van der Waals surface area contributed by atoms with Crippen molar-refractivity contribution >= 4 is 34.1 Å². The van der Waals surface area contributed by atoms with Crippen LogP contribution in [0.5, 0.6) is 0 Å². The van der Waals surface area contributed by atoms with Gasteiger partial charge in [0, 0.05) is 39.1 Å². The van der Waals surface area contributed by atoms with Crippen molar-refractivity contribution in [2.24, 2.45) is 0 Å². The Bertz CT molecular complexity index is 855. The number of allylic oxidation sites excluding steroid dienone is 1. The van der Waals surface area contributed by atoms with Crippen molar-refractivity contribution in [3.05, 3.63) is 52.6 Å². The molecule has 5 heteroatoms. The van der Waals surface area contributed by atoms with Crippen molar-refractivity contribution in [2.75, 3.05) is 0 Å². The maximum atomic E-state index is 12.0. The molecule has 0 bridgehead atoms. The monoisotopic (exact) mass is 265 g/mol. The second-order valence-electron chi connectivity index (χ2n) is 4.75. The highest BCUT2D eigenvalue weighted by Gasteiger charge is 2.30. The number of hydrogen-bond donors (Lipinski definition) is 2. The van der Waals surface area contributed by atoms with Gasteiger partial charge in [-0.2, -0.15) is 0 Å². The van der Waals surface area contributed by atoms with E-state index in [-0.39, 0.29) is 11.5 Å². The van der Waals surface area contributed by atoms with Gasteiger partial charge < -0.3 is 5.11 Å². The molecular weight excluding hydrogens is 258 g/mol. The Balaban J connectivity index is 2.30. The molecule has 0 aromatic heterocycles. The van der Waals surface area contributed by atoms with Gasteiger partial charge in [0.05, 0.1) is 0 Å². The number of rotatable bonds is 0. The summed E-state index contributed by atoms with van der Waals surface area (Å²) in [7, 11) is 0. The minimum atomic E-state index is -0.493. The predicted octanol–water partition coefficient (Wildman–Crippen LogP) is 1.82. The van der Waals surface area contributed by atoms with Gasteiger partial charge in [-0.15, -0.1) is 0 Å². The highest BCUT2D eigenvalue weighted by atomic mass is 16.3. The molecule has 2 N–H and O–H groups in total. The Morgan fingerprint density at radius 3 is 1.90 bits per heavy atom. The molecule has 0 saturated heterocycles. The molecule has 2 aromatic rings. The van der Waals surface area contributed by atoms with Gasteiger partial charge in [-0.05, 0) is 24.3 Å². The molecule has 0 unspecified atom stereocenters. The maximum Gasteiger partial charge on any atom is 0.258 e. The number of aliphatic hydroxyl groups excluding tert-OH is 1. The van der Waals surface area contributed by atoms with Crippen LogP contribution in [0.1, 0.15) is 36.6 Å². The zero-order valence-electron chi connectivity index (χ0n) is 10.1. The molecule has 4 rings (SSSR count). The van der Waals surface area contributed by atoms with E-state index in [9.17, 15) is 19.5 Å². The van der Waals surface area contributed by atoms with Gasteiger partial charge >= 0.3 is 0 Å². The molecule has 0 fully saturated rings. The lowest BCUT2D eigenvalue weighted by atomic mass is 9.85. The minimum absolute atomic E-state index is 0.148. The number of imide groups is 1. The van der Waals surface area contributed by atoms with Crippen molar-refractivity contribution < 1.29 is 19.5 Å². The molecule has 0 saturated carbocycles. The van der Waals surface area contributed by atoms with Crippen LogP contribution in [0.2, 0.25) is 0 Å². The average Bonchev–Trinajstić information content (AvgIpc) is 2.42. The smallest absolute Gasteiger partial charge is 0.258 e. The SMILES string of the molecule is O=C1C=C(O)c2ccc3c4c(ccc1c24)C(=O)NC3=O. The zero-order chi connectivity index (χ0) is 14.0. The van der Waals surface area contributed by atoms with Gasteiger partial charge in [-0.25, -0.2) is 0 Å². The van der Waals surface area contributed by atoms with Crippen LogP contribution in [-0.2, 0) is 0 Å². The lowest BCUT2D eigenvalue weighted by molar-refractivity contribution is 0.0844. The summed E-state index contributed by atoms with van der Waals surface area (Å²) in [6.45, 7) is 0. The fourth-order valence-electron chi connectivity index (χ4n) is 2.81. The van der Waals surface area contributed by atoms with Crippen LogP contribution in [-0.4, -0.2) is 22.7 Å². The van der Waals surface area contributed by atoms with Crippen LogP contribution in [0.3, 0.4) is 0 Å². The van der Waals surface area contributed by atoms with E-state index < -0.39 is 11.8 Å². The first kappa shape index (κ1) is 10.9. The molecule has 96 valence electrons. The largest absolute Gasteiger partial charge is 0.507 e. The number of aliphatic hydroxyl groups is 1. The van der Waals surface area contributed by atoms with Crippen LogP contribution in [0.25, 0.3) is 16.5 Å². The van der Waals surface area contributed by atoms with Gasteiger partial charge in [0.25, 0.3) is 11.8 Å². The second-order valence-corrected chi connectivity index (χ2v) is 4.75. The third-order valence-corrected chi connectivity index (χ3v) is 3.69. The number of carbonyl (C=O) groups is 3. The standard InChI is InChI=1S/C15H7NO4/c17-10-5-11(18)7-2-4-9-13-8(14(19)16-15(9)20)3-1-6(10)12(7)13/h1-5,17H,(H,16,19,20). The molecule has 0 radical (unpaired) electrons. The minimum Gasteiger partial charge on any atom is -0.507 e. The summed E-state index contributed by atoms with van der Waals surface area (Å²) < 4.78 is 0. The summed E-state index contributed by atoms with van der Waals surface area (Å²) in [6.07, 6.45) is 1.14. The molecule has 2 amide bonds. The average molecular weight is 265 g/mol. The van der Waals surface area contributed by atoms with Crippen LogP contribution in [0, 0.1) is 0 Å².